The van der Waals surface area contributed by atoms with Gasteiger partial charge in [0.25, 0.3) is 0 Å². The standard InChI is InChI=1S/C18H29NO6S/c1-9-25-17(20)14(19-26(21)18(3,4)5)13-11(2)10-12(22-6)15(23-7)16(13)24-8/h10,14,19H,9H2,1-8H3/t14-,26-/m1/s1. The van der Waals surface area contributed by atoms with Crippen molar-refractivity contribution in [1.82, 2.24) is 4.72 Å². The van der Waals surface area contributed by atoms with Gasteiger partial charge in [0.15, 0.2) is 11.5 Å². The lowest BCUT2D eigenvalue weighted by atomic mass is 9.99. The summed E-state index contributed by atoms with van der Waals surface area (Å²) in [4.78, 5) is 12.6. The van der Waals surface area contributed by atoms with Crippen molar-refractivity contribution in [1.29, 1.82) is 0 Å². The van der Waals surface area contributed by atoms with Crippen molar-refractivity contribution in [3.05, 3.63) is 17.2 Å². The van der Waals surface area contributed by atoms with Crippen LogP contribution in [0.4, 0.5) is 0 Å². The fourth-order valence-electron chi connectivity index (χ4n) is 2.39. The van der Waals surface area contributed by atoms with Gasteiger partial charge in [-0.2, -0.15) is 0 Å². The van der Waals surface area contributed by atoms with Gasteiger partial charge in [0.1, 0.15) is 6.04 Å². The maximum absolute atomic E-state index is 12.6. The molecule has 8 heteroatoms. The minimum absolute atomic E-state index is 0.202. The van der Waals surface area contributed by atoms with E-state index in [1.54, 1.807) is 13.0 Å². The summed E-state index contributed by atoms with van der Waals surface area (Å²) in [6.07, 6.45) is 0. The number of benzene rings is 1. The topological polar surface area (TPSA) is 83.1 Å². The SMILES string of the molecule is CCOC(=O)[C@H](N[S@](=O)C(C)(C)C)c1c(C)cc(OC)c(OC)c1OC. The molecule has 0 spiro atoms. The molecule has 0 saturated carbocycles. The van der Waals surface area contributed by atoms with Crippen LogP contribution in [-0.4, -0.2) is 42.9 Å². The molecular weight excluding hydrogens is 358 g/mol. The number of carbonyl (C=O) groups excluding carboxylic acids is 1. The molecule has 0 amide bonds. The van der Waals surface area contributed by atoms with E-state index >= 15 is 0 Å². The number of methoxy groups -OCH3 is 3. The Morgan fingerprint density at radius 3 is 2.15 bits per heavy atom. The Morgan fingerprint density at radius 1 is 1.15 bits per heavy atom. The van der Waals surface area contributed by atoms with Crippen LogP contribution in [0.3, 0.4) is 0 Å². The average Bonchev–Trinajstić information content (AvgIpc) is 2.57. The van der Waals surface area contributed by atoms with E-state index < -0.39 is 27.7 Å². The highest BCUT2D eigenvalue weighted by molar-refractivity contribution is 7.84. The second-order valence-electron chi connectivity index (χ2n) is 6.56. The lowest BCUT2D eigenvalue weighted by Gasteiger charge is -2.26. The van der Waals surface area contributed by atoms with Gasteiger partial charge in [0.05, 0.1) is 43.7 Å². The zero-order chi connectivity index (χ0) is 20.1. The van der Waals surface area contributed by atoms with Crippen LogP contribution in [0.15, 0.2) is 6.07 Å². The molecule has 0 aliphatic heterocycles. The Morgan fingerprint density at radius 2 is 1.73 bits per heavy atom. The van der Waals surface area contributed by atoms with Crippen LogP contribution < -0.4 is 18.9 Å². The Balaban J connectivity index is 3.59. The zero-order valence-corrected chi connectivity index (χ0v) is 17.5. The predicted molar refractivity (Wildman–Crippen MR) is 101 cm³/mol. The van der Waals surface area contributed by atoms with Crippen molar-refractivity contribution in [2.45, 2.75) is 45.4 Å². The second-order valence-corrected chi connectivity index (χ2v) is 8.56. The lowest BCUT2D eigenvalue weighted by Crippen LogP contribution is -2.40. The number of rotatable bonds is 8. The summed E-state index contributed by atoms with van der Waals surface area (Å²) in [6, 6.07) is 0.759. The summed E-state index contributed by atoms with van der Waals surface area (Å²) >= 11 is 0. The van der Waals surface area contributed by atoms with Crippen LogP contribution in [0.2, 0.25) is 0 Å². The maximum Gasteiger partial charge on any atom is 0.328 e. The molecule has 0 aliphatic carbocycles. The van der Waals surface area contributed by atoms with E-state index in [0.717, 1.165) is 5.56 Å². The molecule has 1 aromatic carbocycles. The smallest absolute Gasteiger partial charge is 0.328 e. The first-order valence-corrected chi connectivity index (χ1v) is 9.41. The van der Waals surface area contributed by atoms with Gasteiger partial charge in [-0.1, -0.05) is 0 Å². The van der Waals surface area contributed by atoms with E-state index in [1.807, 2.05) is 27.7 Å². The summed E-state index contributed by atoms with van der Waals surface area (Å²) in [7, 11) is 2.98. The van der Waals surface area contributed by atoms with Gasteiger partial charge >= 0.3 is 5.97 Å². The third kappa shape index (κ3) is 4.88. The molecule has 1 aromatic rings. The van der Waals surface area contributed by atoms with Crippen molar-refractivity contribution in [2.24, 2.45) is 0 Å². The number of hydrogen-bond donors (Lipinski definition) is 1. The molecule has 0 fully saturated rings. The van der Waals surface area contributed by atoms with E-state index in [2.05, 4.69) is 4.72 Å². The molecule has 0 saturated heterocycles. The first kappa shape index (κ1) is 22.2. The molecule has 2 atom stereocenters. The molecule has 0 aromatic heterocycles. The molecule has 0 radical (unpaired) electrons. The van der Waals surface area contributed by atoms with Crippen molar-refractivity contribution < 1.29 is 28.0 Å². The van der Waals surface area contributed by atoms with Gasteiger partial charge in [-0.25, -0.2) is 13.7 Å². The van der Waals surface area contributed by atoms with Crippen molar-refractivity contribution in [3.63, 3.8) is 0 Å². The first-order chi connectivity index (χ1) is 12.1. The maximum atomic E-state index is 12.6. The fraction of sp³-hybridized carbons (Fsp3) is 0.611. The molecule has 0 aliphatic rings. The van der Waals surface area contributed by atoms with Crippen molar-refractivity contribution in [3.8, 4) is 17.2 Å². The Hall–Kier alpha value is -1.80. The Labute approximate surface area is 157 Å². The van der Waals surface area contributed by atoms with Crippen LogP contribution in [-0.2, 0) is 20.5 Å². The van der Waals surface area contributed by atoms with Crippen LogP contribution in [0.5, 0.6) is 17.2 Å². The van der Waals surface area contributed by atoms with E-state index in [4.69, 9.17) is 18.9 Å². The summed E-state index contributed by atoms with van der Waals surface area (Å²) in [5.41, 5.74) is 1.22. The number of ether oxygens (including phenoxy) is 4. The van der Waals surface area contributed by atoms with Gasteiger partial charge < -0.3 is 18.9 Å². The minimum Gasteiger partial charge on any atom is -0.493 e. The Bertz CT molecular complexity index is 669. The predicted octanol–water partition coefficient (Wildman–Crippen LogP) is 2.68. The highest BCUT2D eigenvalue weighted by Gasteiger charge is 2.34. The fourth-order valence-corrected chi connectivity index (χ4v) is 3.18. The van der Waals surface area contributed by atoms with Crippen molar-refractivity contribution in [2.75, 3.05) is 27.9 Å². The van der Waals surface area contributed by atoms with Crippen LogP contribution in [0.25, 0.3) is 0 Å². The number of carbonyl (C=O) groups is 1. The van der Waals surface area contributed by atoms with Gasteiger partial charge in [-0.05, 0) is 46.2 Å². The number of nitrogens with one attached hydrogen (secondary N) is 1. The zero-order valence-electron chi connectivity index (χ0n) is 16.7. The van der Waals surface area contributed by atoms with Crippen LogP contribution >= 0.6 is 0 Å². The molecule has 148 valence electrons. The molecule has 26 heavy (non-hydrogen) atoms. The molecule has 1 N–H and O–H groups in total. The summed E-state index contributed by atoms with van der Waals surface area (Å²) in [6.45, 7) is 9.18. The number of hydrogen-bond acceptors (Lipinski definition) is 6. The largest absolute Gasteiger partial charge is 0.493 e. The molecule has 7 nitrogen and oxygen atoms in total. The Kier molecular flexibility index (Phi) is 7.89. The van der Waals surface area contributed by atoms with E-state index in [0.29, 0.717) is 22.8 Å². The monoisotopic (exact) mass is 387 g/mol. The van der Waals surface area contributed by atoms with E-state index in [-0.39, 0.29) is 6.61 Å². The molecule has 1 rings (SSSR count). The normalized spacial score (nSPS) is 13.7. The quantitative estimate of drug-likeness (QED) is 0.691. The second kappa shape index (κ2) is 9.23. The van der Waals surface area contributed by atoms with E-state index in [9.17, 15) is 9.00 Å². The highest BCUT2D eigenvalue weighted by Crippen LogP contribution is 2.44. The van der Waals surface area contributed by atoms with Gasteiger partial charge in [0, 0.05) is 5.56 Å². The highest BCUT2D eigenvalue weighted by atomic mass is 32.2. The summed E-state index contributed by atoms with van der Waals surface area (Å²) in [5.74, 6) is 0.623. The summed E-state index contributed by atoms with van der Waals surface area (Å²) < 4.78 is 36.4. The summed E-state index contributed by atoms with van der Waals surface area (Å²) in [5, 5.41) is 0. The van der Waals surface area contributed by atoms with Crippen LogP contribution in [0.1, 0.15) is 44.9 Å². The van der Waals surface area contributed by atoms with Crippen molar-refractivity contribution >= 4 is 17.0 Å². The number of esters is 1. The van der Waals surface area contributed by atoms with Crippen LogP contribution in [0, 0.1) is 6.92 Å². The average molecular weight is 387 g/mol. The first-order valence-electron chi connectivity index (χ1n) is 8.26. The molecular formula is C18H29NO6S. The third-order valence-corrected chi connectivity index (χ3v) is 5.23. The molecule has 0 heterocycles. The number of aryl methyl sites for hydroxylation is 1. The van der Waals surface area contributed by atoms with E-state index in [1.165, 1.54) is 21.3 Å². The minimum atomic E-state index is -1.50. The van der Waals surface area contributed by atoms with Gasteiger partial charge in [-0.15, -0.1) is 0 Å². The lowest BCUT2D eigenvalue weighted by molar-refractivity contribution is -0.145. The van der Waals surface area contributed by atoms with Gasteiger partial charge in [0.2, 0.25) is 5.75 Å². The molecule has 0 bridgehead atoms. The third-order valence-electron chi connectivity index (χ3n) is 3.67. The molecule has 0 unspecified atom stereocenters. The van der Waals surface area contributed by atoms with Gasteiger partial charge in [-0.3, -0.25) is 0 Å².